The standard InChI is InChI=1S/C26H20ClFN8O3/c1-13-32-23(35-39-13)16-3-5-17-15(9-16)4-7-20(17)33-25(38)22-10-21(34-26-30-12-31-36(22)26)24(37)29-11-14-2-6-19(28)18(27)8-14/h2-3,5-6,8-10,12,20H,1,4,7,11H2,(H,29,37)(H,32,35)(H,33,38)/t20-/m0/s1. The number of halogens is 2. The molecular weight excluding hydrogens is 527 g/mol. The molecule has 196 valence electrons. The minimum Gasteiger partial charge on any atom is -0.347 e. The van der Waals surface area contributed by atoms with Crippen molar-refractivity contribution >= 4 is 35.0 Å². The van der Waals surface area contributed by atoms with Crippen LogP contribution in [0.25, 0.3) is 5.78 Å². The maximum atomic E-state index is 13.4. The SMILES string of the molecule is C=C1NC(c2ccc3c(c2)CC[C@@H]3NC(=O)c2cc(C(=O)NCc3ccc(F)c(Cl)c3)nc3ncnn23)=NO1. The predicted octanol–water partition coefficient (Wildman–Crippen LogP) is 3.02. The quantitative estimate of drug-likeness (QED) is 0.338. The summed E-state index contributed by atoms with van der Waals surface area (Å²) in [6.45, 7) is 3.77. The summed E-state index contributed by atoms with van der Waals surface area (Å²) in [7, 11) is 0. The van der Waals surface area contributed by atoms with Crippen LogP contribution in [0.15, 0.2) is 66.4 Å². The fourth-order valence-electron chi connectivity index (χ4n) is 4.56. The lowest BCUT2D eigenvalue weighted by Gasteiger charge is -2.15. The summed E-state index contributed by atoms with van der Waals surface area (Å²) < 4.78 is 14.7. The van der Waals surface area contributed by atoms with Gasteiger partial charge in [0.1, 0.15) is 23.5 Å². The van der Waals surface area contributed by atoms with Crippen LogP contribution in [0, 0.1) is 5.82 Å². The third kappa shape index (κ3) is 4.77. The number of aromatic nitrogens is 4. The number of aryl methyl sites for hydroxylation is 1. The van der Waals surface area contributed by atoms with E-state index in [9.17, 15) is 14.0 Å². The third-order valence-electron chi connectivity index (χ3n) is 6.46. The Morgan fingerprint density at radius 2 is 2.08 bits per heavy atom. The largest absolute Gasteiger partial charge is 0.347 e. The van der Waals surface area contributed by atoms with Gasteiger partial charge in [-0.25, -0.2) is 9.37 Å². The number of carbonyl (C=O) groups excluding carboxylic acids is 2. The summed E-state index contributed by atoms with van der Waals surface area (Å²) in [5.74, 6) is -0.477. The van der Waals surface area contributed by atoms with Crippen molar-refractivity contribution < 1.29 is 18.8 Å². The van der Waals surface area contributed by atoms with E-state index < -0.39 is 17.6 Å². The molecule has 2 aromatic carbocycles. The van der Waals surface area contributed by atoms with Gasteiger partial charge in [-0.2, -0.15) is 14.6 Å². The van der Waals surface area contributed by atoms with Crippen LogP contribution in [0.4, 0.5) is 4.39 Å². The number of hydrogen-bond acceptors (Lipinski definition) is 8. The summed E-state index contributed by atoms with van der Waals surface area (Å²) in [6.07, 6.45) is 2.72. The fourth-order valence-corrected chi connectivity index (χ4v) is 4.77. The highest BCUT2D eigenvalue weighted by Gasteiger charge is 2.27. The van der Waals surface area contributed by atoms with Gasteiger partial charge >= 0.3 is 0 Å². The molecule has 3 heterocycles. The second kappa shape index (κ2) is 9.80. The first kappa shape index (κ1) is 24.5. The Hall–Kier alpha value is -4.84. The zero-order chi connectivity index (χ0) is 27.1. The van der Waals surface area contributed by atoms with E-state index in [0.29, 0.717) is 23.7 Å². The molecule has 2 amide bonds. The lowest BCUT2D eigenvalue weighted by Crippen LogP contribution is -2.30. The molecule has 0 saturated heterocycles. The molecule has 0 radical (unpaired) electrons. The Morgan fingerprint density at radius 1 is 1.21 bits per heavy atom. The molecular formula is C26H20ClFN8O3. The van der Waals surface area contributed by atoms with Gasteiger partial charge in [0.2, 0.25) is 5.88 Å². The zero-order valence-electron chi connectivity index (χ0n) is 20.2. The molecule has 0 spiro atoms. The van der Waals surface area contributed by atoms with Crippen LogP contribution < -0.4 is 16.0 Å². The van der Waals surface area contributed by atoms with Gasteiger partial charge in [-0.3, -0.25) is 9.59 Å². The van der Waals surface area contributed by atoms with E-state index in [1.54, 1.807) is 0 Å². The summed E-state index contributed by atoms with van der Waals surface area (Å²) in [4.78, 5) is 39.6. The highest BCUT2D eigenvalue weighted by Crippen LogP contribution is 2.32. The number of amides is 2. The summed E-state index contributed by atoms with van der Waals surface area (Å²) in [6, 6.07) is 11.1. The second-order valence-electron chi connectivity index (χ2n) is 8.99. The molecule has 4 aromatic rings. The first-order chi connectivity index (χ1) is 18.9. The number of rotatable bonds is 6. The minimum atomic E-state index is -0.548. The van der Waals surface area contributed by atoms with Crippen molar-refractivity contribution in [2.75, 3.05) is 0 Å². The van der Waals surface area contributed by atoms with Crippen molar-refractivity contribution in [1.29, 1.82) is 0 Å². The van der Waals surface area contributed by atoms with E-state index in [1.165, 1.54) is 35.1 Å². The highest BCUT2D eigenvalue weighted by molar-refractivity contribution is 6.30. The van der Waals surface area contributed by atoms with E-state index in [1.807, 2.05) is 18.2 Å². The van der Waals surface area contributed by atoms with Gasteiger partial charge in [0.25, 0.3) is 17.6 Å². The van der Waals surface area contributed by atoms with Gasteiger partial charge < -0.3 is 20.8 Å². The van der Waals surface area contributed by atoms with Crippen LogP contribution >= 0.6 is 11.6 Å². The molecule has 0 bridgehead atoms. The van der Waals surface area contributed by atoms with Crippen molar-refractivity contribution in [3.63, 3.8) is 0 Å². The number of nitrogens with zero attached hydrogens (tertiary/aromatic N) is 5. The number of oxime groups is 1. The molecule has 2 aromatic heterocycles. The maximum absolute atomic E-state index is 13.4. The minimum absolute atomic E-state index is 0.0148. The van der Waals surface area contributed by atoms with Gasteiger partial charge in [-0.15, -0.1) is 0 Å². The van der Waals surface area contributed by atoms with Crippen LogP contribution in [0.3, 0.4) is 0 Å². The number of nitrogens with one attached hydrogen (secondary N) is 3. The molecule has 11 nitrogen and oxygen atoms in total. The number of hydrogen-bond donors (Lipinski definition) is 3. The monoisotopic (exact) mass is 546 g/mol. The predicted molar refractivity (Wildman–Crippen MR) is 138 cm³/mol. The highest BCUT2D eigenvalue weighted by atomic mass is 35.5. The van der Waals surface area contributed by atoms with E-state index in [4.69, 9.17) is 16.4 Å². The van der Waals surface area contributed by atoms with Crippen molar-refractivity contribution in [2.45, 2.75) is 25.4 Å². The van der Waals surface area contributed by atoms with Crippen LogP contribution in [0.1, 0.15) is 55.7 Å². The molecule has 0 fully saturated rings. The zero-order valence-corrected chi connectivity index (χ0v) is 21.0. The van der Waals surface area contributed by atoms with Gasteiger partial charge in [-0.1, -0.05) is 35.0 Å². The molecule has 0 saturated carbocycles. The lowest BCUT2D eigenvalue weighted by atomic mass is 10.0. The lowest BCUT2D eigenvalue weighted by molar-refractivity contribution is 0.0929. The Bertz CT molecular complexity index is 1700. The van der Waals surface area contributed by atoms with Crippen molar-refractivity contribution in [2.24, 2.45) is 5.16 Å². The van der Waals surface area contributed by atoms with E-state index in [-0.39, 0.29) is 34.8 Å². The Morgan fingerprint density at radius 3 is 2.87 bits per heavy atom. The number of benzene rings is 2. The summed E-state index contributed by atoms with van der Waals surface area (Å²) >= 11 is 5.82. The Kier molecular flexibility index (Phi) is 6.15. The molecule has 1 atom stereocenters. The van der Waals surface area contributed by atoms with E-state index in [0.717, 1.165) is 23.1 Å². The number of carbonyl (C=O) groups is 2. The van der Waals surface area contributed by atoms with Gasteiger partial charge in [-0.05, 0) is 54.3 Å². The van der Waals surface area contributed by atoms with Crippen molar-refractivity contribution in [1.82, 2.24) is 35.5 Å². The Balaban J connectivity index is 1.20. The summed E-state index contributed by atoms with van der Waals surface area (Å²) in [5, 5.41) is 16.7. The van der Waals surface area contributed by atoms with Crippen LogP contribution in [0.5, 0.6) is 0 Å². The average molecular weight is 547 g/mol. The topological polar surface area (TPSA) is 135 Å². The van der Waals surface area contributed by atoms with Crippen LogP contribution in [0.2, 0.25) is 5.02 Å². The third-order valence-corrected chi connectivity index (χ3v) is 6.75. The summed E-state index contributed by atoms with van der Waals surface area (Å²) in [5.41, 5.74) is 3.63. The smallest absolute Gasteiger partial charge is 0.270 e. The molecule has 6 rings (SSSR count). The second-order valence-corrected chi connectivity index (χ2v) is 9.39. The Labute approximate surface area is 225 Å². The number of amidine groups is 1. The molecule has 3 N–H and O–H groups in total. The molecule has 1 aliphatic carbocycles. The molecule has 39 heavy (non-hydrogen) atoms. The average Bonchev–Trinajstić information content (AvgIpc) is 3.68. The first-order valence-electron chi connectivity index (χ1n) is 11.9. The van der Waals surface area contributed by atoms with Gasteiger partial charge in [0.05, 0.1) is 11.1 Å². The van der Waals surface area contributed by atoms with Gasteiger partial charge in [0.15, 0.2) is 5.84 Å². The van der Waals surface area contributed by atoms with Gasteiger partial charge in [0, 0.05) is 18.2 Å². The molecule has 1 aliphatic heterocycles. The van der Waals surface area contributed by atoms with Crippen molar-refractivity contribution in [3.05, 3.63) is 106 Å². The van der Waals surface area contributed by atoms with Crippen molar-refractivity contribution in [3.8, 4) is 0 Å². The van der Waals surface area contributed by atoms with E-state index in [2.05, 4.69) is 42.8 Å². The molecule has 13 heteroatoms. The van der Waals surface area contributed by atoms with Crippen LogP contribution in [-0.4, -0.2) is 37.2 Å². The normalized spacial score (nSPS) is 15.9. The molecule has 0 unspecified atom stereocenters. The van der Waals surface area contributed by atoms with E-state index >= 15 is 0 Å². The maximum Gasteiger partial charge on any atom is 0.270 e. The number of fused-ring (bicyclic) bond motifs is 2. The van der Waals surface area contributed by atoms with Crippen LogP contribution in [-0.2, 0) is 17.8 Å². The molecule has 2 aliphatic rings. The fraction of sp³-hybridized carbons (Fsp3) is 0.154. The first-order valence-corrected chi connectivity index (χ1v) is 12.3.